The van der Waals surface area contributed by atoms with Crippen molar-refractivity contribution in [1.82, 2.24) is 4.98 Å². The lowest BCUT2D eigenvalue weighted by atomic mass is 10.1. The van der Waals surface area contributed by atoms with Crippen LogP contribution in [-0.4, -0.2) is 4.98 Å². The maximum atomic E-state index is 12.5. The normalized spacial score (nSPS) is 11.6. The number of H-pyrrole nitrogens is 1. The molecule has 4 aromatic rings. The number of hydrogen-bond acceptors (Lipinski definition) is 6. The molecular weight excluding hydrogens is 310 g/mol. The third-order valence-corrected chi connectivity index (χ3v) is 5.92. The monoisotopic (exact) mass is 315 g/mol. The van der Waals surface area contributed by atoms with Crippen LogP contribution in [-0.2, 0) is 0 Å². The number of aromatic nitrogens is 1. The number of benzene rings is 2. The van der Waals surface area contributed by atoms with E-state index in [4.69, 9.17) is 0 Å². The van der Waals surface area contributed by atoms with Crippen molar-refractivity contribution >= 4 is 52.2 Å². The van der Waals surface area contributed by atoms with Gasteiger partial charge in [0.15, 0.2) is 0 Å². The third-order valence-electron chi connectivity index (χ3n) is 3.29. The molecule has 0 fully saturated rings. The highest BCUT2D eigenvalue weighted by molar-refractivity contribution is 7.36. The largest absolute Gasteiger partial charge is 0.288 e. The van der Waals surface area contributed by atoms with Crippen LogP contribution in [0.1, 0.15) is 0 Å². The number of hydrogen-bond donors (Lipinski definition) is 1. The maximum absolute atomic E-state index is 12.5. The van der Waals surface area contributed by atoms with Crippen LogP contribution in [0.2, 0.25) is 0 Å². The van der Waals surface area contributed by atoms with Gasteiger partial charge in [-0.15, -0.1) is 22.7 Å². The Morgan fingerprint density at radius 3 is 1.52 bits per heavy atom. The second-order valence-electron chi connectivity index (χ2n) is 4.51. The summed E-state index contributed by atoms with van der Waals surface area (Å²) in [5, 5.41) is 0.672. The van der Waals surface area contributed by atoms with Gasteiger partial charge in [-0.3, -0.25) is 24.2 Å². The molecule has 21 heavy (non-hydrogen) atoms. The molecule has 2 aromatic heterocycles. The van der Waals surface area contributed by atoms with Crippen molar-refractivity contribution < 1.29 is 0 Å². The summed E-state index contributed by atoms with van der Waals surface area (Å²) in [6.45, 7) is 0. The van der Waals surface area contributed by atoms with E-state index in [9.17, 15) is 19.2 Å². The molecule has 5 nitrogen and oxygen atoms in total. The van der Waals surface area contributed by atoms with E-state index >= 15 is 0 Å². The maximum Gasteiger partial charge on any atom is 0.269 e. The van der Waals surface area contributed by atoms with E-state index in [1.807, 2.05) is 0 Å². The first kappa shape index (κ1) is 12.4. The van der Waals surface area contributed by atoms with Gasteiger partial charge in [-0.2, -0.15) is 0 Å². The van der Waals surface area contributed by atoms with Gasteiger partial charge < -0.3 is 0 Å². The standard InChI is InChI=1S/C14H5NO4S2/c16-7-5-3-1-2-4-6(5)8(17)10-9(7)20-11-12(21-10)14(19)15-13(11)18/h1-4H,(H,15,18,19). The van der Waals surface area contributed by atoms with Crippen molar-refractivity contribution in [3.8, 4) is 0 Å². The molecular formula is C14H5NO4S2. The van der Waals surface area contributed by atoms with E-state index in [0.29, 0.717) is 10.8 Å². The van der Waals surface area contributed by atoms with Crippen LogP contribution >= 0.6 is 22.7 Å². The summed E-state index contributed by atoms with van der Waals surface area (Å²) in [6, 6.07) is 6.56. The highest BCUT2D eigenvalue weighted by Gasteiger charge is 2.16. The van der Waals surface area contributed by atoms with Crippen molar-refractivity contribution in [3.63, 3.8) is 0 Å². The van der Waals surface area contributed by atoms with Crippen LogP contribution < -0.4 is 22.0 Å². The molecule has 102 valence electrons. The molecule has 0 spiro atoms. The van der Waals surface area contributed by atoms with Gasteiger partial charge in [-0.1, -0.05) is 24.3 Å². The fraction of sp³-hybridized carbons (Fsp3) is 0. The molecule has 0 saturated carbocycles. The smallest absolute Gasteiger partial charge is 0.269 e. The first-order chi connectivity index (χ1) is 10.1. The van der Waals surface area contributed by atoms with Gasteiger partial charge in [0.2, 0.25) is 10.9 Å². The van der Waals surface area contributed by atoms with E-state index in [0.717, 1.165) is 22.7 Å². The summed E-state index contributed by atoms with van der Waals surface area (Å²) in [7, 11) is 0. The molecule has 0 amide bonds. The quantitative estimate of drug-likeness (QED) is 0.498. The zero-order valence-electron chi connectivity index (χ0n) is 10.3. The number of nitrogens with one attached hydrogen (secondary N) is 1. The predicted molar refractivity (Wildman–Crippen MR) is 85.3 cm³/mol. The van der Waals surface area contributed by atoms with Crippen LogP contribution in [0.15, 0.2) is 43.4 Å². The zero-order valence-corrected chi connectivity index (χ0v) is 11.9. The van der Waals surface area contributed by atoms with Crippen molar-refractivity contribution in [2.45, 2.75) is 0 Å². The Morgan fingerprint density at radius 2 is 1.10 bits per heavy atom. The van der Waals surface area contributed by atoms with Gasteiger partial charge in [-0.25, -0.2) is 0 Å². The summed E-state index contributed by atoms with van der Waals surface area (Å²) in [6.07, 6.45) is 0. The predicted octanol–water partition coefficient (Wildman–Crippen LogP) is 1.48. The molecule has 2 heterocycles. The summed E-state index contributed by atoms with van der Waals surface area (Å²) in [4.78, 5) is 50.5. The minimum absolute atomic E-state index is 0.198. The first-order valence-corrected chi connectivity index (χ1v) is 7.59. The zero-order chi connectivity index (χ0) is 14.7. The molecule has 7 heteroatoms. The van der Waals surface area contributed by atoms with Crippen LogP contribution in [0, 0.1) is 0 Å². The SMILES string of the molecule is O=c1[nH]c(=O)c2sc3c(=O)c4ccccc4c(=O)c3sc12. The molecule has 2 aromatic carbocycles. The van der Waals surface area contributed by atoms with Gasteiger partial charge in [0.1, 0.15) is 9.40 Å². The molecule has 0 bridgehead atoms. The molecule has 4 rings (SSSR count). The van der Waals surface area contributed by atoms with Crippen molar-refractivity contribution in [2.75, 3.05) is 0 Å². The van der Waals surface area contributed by atoms with Gasteiger partial charge >= 0.3 is 0 Å². The third kappa shape index (κ3) is 1.55. The van der Waals surface area contributed by atoms with Gasteiger partial charge in [0.05, 0.1) is 9.40 Å². The lowest BCUT2D eigenvalue weighted by Crippen LogP contribution is -2.11. The minimum Gasteiger partial charge on any atom is -0.288 e. The fourth-order valence-corrected chi connectivity index (χ4v) is 4.67. The number of rotatable bonds is 0. The molecule has 0 saturated heterocycles. The Bertz CT molecular complexity index is 1170. The number of fused-ring (bicyclic) bond motifs is 3. The Balaban J connectivity index is 2.45. The van der Waals surface area contributed by atoms with E-state index < -0.39 is 11.1 Å². The fourth-order valence-electron chi connectivity index (χ4n) is 2.33. The second kappa shape index (κ2) is 4.06. The van der Waals surface area contributed by atoms with Crippen LogP contribution in [0.5, 0.6) is 0 Å². The number of aromatic amines is 1. The molecule has 0 aliphatic rings. The molecule has 0 radical (unpaired) electrons. The van der Waals surface area contributed by atoms with Crippen LogP contribution in [0.4, 0.5) is 0 Å². The molecule has 0 unspecified atom stereocenters. The van der Waals surface area contributed by atoms with E-state index in [-0.39, 0.29) is 29.7 Å². The van der Waals surface area contributed by atoms with Crippen molar-refractivity contribution in [3.05, 3.63) is 65.4 Å². The Kier molecular flexibility index (Phi) is 2.39. The average molecular weight is 315 g/mol. The van der Waals surface area contributed by atoms with E-state index in [1.54, 1.807) is 24.3 Å². The minimum atomic E-state index is -0.516. The average Bonchev–Trinajstić information content (AvgIpc) is 2.78. The van der Waals surface area contributed by atoms with Crippen molar-refractivity contribution in [1.29, 1.82) is 0 Å². The lowest BCUT2D eigenvalue weighted by molar-refractivity contribution is 1.27. The van der Waals surface area contributed by atoms with E-state index in [1.165, 1.54) is 0 Å². The summed E-state index contributed by atoms with van der Waals surface area (Å²) in [5.74, 6) is 0. The first-order valence-electron chi connectivity index (χ1n) is 5.96. The Morgan fingerprint density at radius 1 is 0.667 bits per heavy atom. The molecule has 1 N–H and O–H groups in total. The Hall–Kier alpha value is -2.38. The van der Waals surface area contributed by atoms with Gasteiger partial charge in [-0.05, 0) is 0 Å². The van der Waals surface area contributed by atoms with Crippen LogP contribution in [0.25, 0.3) is 29.6 Å². The lowest BCUT2D eigenvalue weighted by Gasteiger charge is -1.99. The van der Waals surface area contributed by atoms with E-state index in [2.05, 4.69) is 4.98 Å². The van der Waals surface area contributed by atoms with Gasteiger partial charge in [0, 0.05) is 10.8 Å². The molecule has 0 aliphatic carbocycles. The van der Waals surface area contributed by atoms with Gasteiger partial charge in [0.25, 0.3) is 11.1 Å². The summed E-state index contributed by atoms with van der Waals surface area (Å²) < 4.78 is 0.855. The van der Waals surface area contributed by atoms with Crippen LogP contribution in [0.3, 0.4) is 0 Å². The summed E-state index contributed by atoms with van der Waals surface area (Å²) in [5.41, 5.74) is -1.59. The second-order valence-corrected chi connectivity index (χ2v) is 6.55. The highest BCUT2D eigenvalue weighted by atomic mass is 32.1. The highest BCUT2D eigenvalue weighted by Crippen LogP contribution is 2.26. The topological polar surface area (TPSA) is 84.1 Å². The summed E-state index contributed by atoms with van der Waals surface area (Å²) >= 11 is 1.82. The molecule has 0 atom stereocenters. The Labute approximate surface area is 123 Å². The molecule has 0 aliphatic heterocycles. The van der Waals surface area contributed by atoms with Crippen molar-refractivity contribution in [2.24, 2.45) is 0 Å².